The van der Waals surface area contributed by atoms with E-state index in [1.807, 2.05) is 6.07 Å². The van der Waals surface area contributed by atoms with Crippen LogP contribution in [0.15, 0.2) is 42.5 Å². The lowest BCUT2D eigenvalue weighted by molar-refractivity contribution is 0.0992. The second kappa shape index (κ2) is 5.41. The summed E-state index contributed by atoms with van der Waals surface area (Å²) in [5.74, 6) is -0.928. The molecule has 0 unspecified atom stereocenters. The van der Waals surface area contributed by atoms with Crippen LogP contribution in [0.5, 0.6) is 0 Å². The van der Waals surface area contributed by atoms with Crippen LogP contribution in [0.1, 0.15) is 15.9 Å². The van der Waals surface area contributed by atoms with Crippen molar-refractivity contribution in [3.63, 3.8) is 0 Å². The van der Waals surface area contributed by atoms with Crippen LogP contribution in [0.25, 0.3) is 0 Å². The molecule has 0 aliphatic rings. The number of nitriles is 1. The maximum Gasteiger partial charge on any atom is 0.258 e. The fourth-order valence-corrected chi connectivity index (χ4v) is 1.81. The van der Waals surface area contributed by atoms with E-state index in [4.69, 9.17) is 11.0 Å². The van der Waals surface area contributed by atoms with Crippen molar-refractivity contribution in [2.45, 2.75) is 0 Å². The predicted octanol–water partition coefficient (Wildman–Crippen LogP) is 2.56. The van der Waals surface area contributed by atoms with Crippen molar-refractivity contribution in [2.75, 3.05) is 17.7 Å². The molecule has 0 saturated carbocycles. The number of amides is 1. The second-order valence-electron chi connectivity index (χ2n) is 4.30. The molecule has 2 rings (SSSR count). The molecule has 0 spiro atoms. The predicted molar refractivity (Wildman–Crippen MR) is 74.7 cm³/mol. The van der Waals surface area contributed by atoms with E-state index in [0.717, 1.165) is 12.1 Å². The summed E-state index contributed by atoms with van der Waals surface area (Å²) >= 11 is 0. The van der Waals surface area contributed by atoms with Gasteiger partial charge in [0.1, 0.15) is 5.82 Å². The number of halogens is 1. The van der Waals surface area contributed by atoms with Crippen LogP contribution in [0.4, 0.5) is 15.8 Å². The maximum atomic E-state index is 13.3. The molecule has 0 heterocycles. The fourth-order valence-electron chi connectivity index (χ4n) is 1.81. The fraction of sp³-hybridized carbons (Fsp3) is 0.0667. The summed E-state index contributed by atoms with van der Waals surface area (Å²) < 4.78 is 13.3. The number of hydrogen-bond acceptors (Lipinski definition) is 3. The Hall–Kier alpha value is -2.87. The number of anilines is 2. The minimum absolute atomic E-state index is 0.175. The normalized spacial score (nSPS) is 9.85. The van der Waals surface area contributed by atoms with Crippen molar-refractivity contribution in [1.29, 1.82) is 5.26 Å². The first-order chi connectivity index (χ1) is 9.51. The van der Waals surface area contributed by atoms with Gasteiger partial charge in [-0.3, -0.25) is 4.79 Å². The van der Waals surface area contributed by atoms with Gasteiger partial charge in [-0.2, -0.15) is 5.26 Å². The highest BCUT2D eigenvalue weighted by molar-refractivity contribution is 6.06. The van der Waals surface area contributed by atoms with Crippen molar-refractivity contribution in [2.24, 2.45) is 0 Å². The number of nitrogens with zero attached hydrogens (tertiary/aromatic N) is 2. The number of rotatable bonds is 2. The molecule has 0 saturated heterocycles. The molecule has 0 aromatic heterocycles. The summed E-state index contributed by atoms with van der Waals surface area (Å²) in [7, 11) is 1.57. The summed E-state index contributed by atoms with van der Waals surface area (Å²) in [6.07, 6.45) is 0. The van der Waals surface area contributed by atoms with E-state index in [1.165, 1.54) is 11.0 Å². The van der Waals surface area contributed by atoms with E-state index < -0.39 is 5.82 Å². The molecule has 2 N–H and O–H groups in total. The van der Waals surface area contributed by atoms with Gasteiger partial charge in [-0.1, -0.05) is 0 Å². The zero-order valence-corrected chi connectivity index (χ0v) is 10.8. The Kier molecular flexibility index (Phi) is 3.67. The first-order valence-corrected chi connectivity index (χ1v) is 5.85. The Morgan fingerprint density at radius 1 is 1.25 bits per heavy atom. The second-order valence-corrected chi connectivity index (χ2v) is 4.30. The van der Waals surface area contributed by atoms with Gasteiger partial charge in [0, 0.05) is 24.0 Å². The van der Waals surface area contributed by atoms with Crippen LogP contribution < -0.4 is 10.6 Å². The Balaban J connectivity index is 2.29. The molecule has 2 aromatic carbocycles. The van der Waals surface area contributed by atoms with Crippen LogP contribution in [-0.2, 0) is 0 Å². The number of hydrogen-bond donors (Lipinski definition) is 1. The standard InChI is InChI=1S/C15H12FN3O/c1-19(14-4-2-10(9-17)3-5-14)15(20)11-6-12(16)8-13(18)7-11/h2-8H,18H2,1H3. The molecular formula is C15H12FN3O. The number of carbonyl (C=O) groups is 1. The molecule has 0 aliphatic carbocycles. The lowest BCUT2D eigenvalue weighted by Gasteiger charge is -2.17. The van der Waals surface area contributed by atoms with Gasteiger partial charge in [0.05, 0.1) is 11.6 Å². The van der Waals surface area contributed by atoms with Crippen molar-refractivity contribution in [1.82, 2.24) is 0 Å². The van der Waals surface area contributed by atoms with Gasteiger partial charge in [0.15, 0.2) is 0 Å². The maximum absolute atomic E-state index is 13.3. The van der Waals surface area contributed by atoms with Crippen LogP contribution >= 0.6 is 0 Å². The third kappa shape index (κ3) is 2.75. The highest BCUT2D eigenvalue weighted by atomic mass is 19.1. The van der Waals surface area contributed by atoms with E-state index in [2.05, 4.69) is 0 Å². The van der Waals surface area contributed by atoms with Gasteiger partial charge in [-0.05, 0) is 42.5 Å². The number of nitrogens with two attached hydrogens (primary N) is 1. The molecule has 2 aromatic rings. The summed E-state index contributed by atoms with van der Waals surface area (Å²) in [6.45, 7) is 0. The minimum atomic E-state index is -0.554. The van der Waals surface area contributed by atoms with Crippen LogP contribution in [0, 0.1) is 17.1 Å². The smallest absolute Gasteiger partial charge is 0.258 e. The first kappa shape index (κ1) is 13.6. The van der Waals surface area contributed by atoms with Crippen LogP contribution in [0.2, 0.25) is 0 Å². The van der Waals surface area contributed by atoms with E-state index in [1.54, 1.807) is 31.3 Å². The van der Waals surface area contributed by atoms with Crippen molar-refractivity contribution < 1.29 is 9.18 Å². The number of benzene rings is 2. The summed E-state index contributed by atoms with van der Waals surface area (Å²) in [5.41, 5.74) is 7.01. The Morgan fingerprint density at radius 2 is 1.90 bits per heavy atom. The van der Waals surface area contributed by atoms with Crippen LogP contribution in [0.3, 0.4) is 0 Å². The molecular weight excluding hydrogens is 257 g/mol. The Labute approximate surface area is 115 Å². The molecule has 1 amide bonds. The largest absolute Gasteiger partial charge is 0.399 e. The first-order valence-electron chi connectivity index (χ1n) is 5.85. The molecule has 4 nitrogen and oxygen atoms in total. The highest BCUT2D eigenvalue weighted by Crippen LogP contribution is 2.18. The number of nitrogen functional groups attached to an aromatic ring is 1. The quantitative estimate of drug-likeness (QED) is 0.852. The average Bonchev–Trinajstić information content (AvgIpc) is 2.45. The summed E-state index contributed by atoms with van der Waals surface area (Å²) in [5, 5.41) is 8.73. The summed E-state index contributed by atoms with van der Waals surface area (Å²) in [6, 6.07) is 12.2. The van der Waals surface area contributed by atoms with Crippen molar-refractivity contribution >= 4 is 17.3 Å². The van der Waals surface area contributed by atoms with Crippen LogP contribution in [-0.4, -0.2) is 13.0 Å². The minimum Gasteiger partial charge on any atom is -0.399 e. The lowest BCUT2D eigenvalue weighted by Crippen LogP contribution is -2.26. The zero-order valence-electron chi connectivity index (χ0n) is 10.8. The summed E-state index contributed by atoms with van der Waals surface area (Å²) in [4.78, 5) is 13.6. The van der Waals surface area contributed by atoms with Crippen molar-refractivity contribution in [3.05, 3.63) is 59.4 Å². The third-order valence-corrected chi connectivity index (χ3v) is 2.86. The van der Waals surface area contributed by atoms with Gasteiger partial charge >= 0.3 is 0 Å². The average molecular weight is 269 g/mol. The molecule has 0 atom stereocenters. The van der Waals surface area contributed by atoms with Gasteiger partial charge in [-0.25, -0.2) is 4.39 Å². The highest BCUT2D eigenvalue weighted by Gasteiger charge is 2.14. The zero-order chi connectivity index (χ0) is 14.7. The van der Waals surface area contributed by atoms with Gasteiger partial charge in [0.25, 0.3) is 5.91 Å². The molecule has 0 bridgehead atoms. The van der Waals surface area contributed by atoms with Crippen molar-refractivity contribution in [3.8, 4) is 6.07 Å². The molecule has 0 radical (unpaired) electrons. The van der Waals surface area contributed by atoms with Gasteiger partial charge < -0.3 is 10.6 Å². The third-order valence-electron chi connectivity index (χ3n) is 2.86. The molecule has 5 heteroatoms. The molecule has 0 fully saturated rings. The molecule has 20 heavy (non-hydrogen) atoms. The monoisotopic (exact) mass is 269 g/mol. The Bertz CT molecular complexity index is 669. The van der Waals surface area contributed by atoms with E-state index >= 15 is 0 Å². The van der Waals surface area contributed by atoms with E-state index in [0.29, 0.717) is 11.3 Å². The molecule has 0 aliphatic heterocycles. The topological polar surface area (TPSA) is 70.1 Å². The van der Waals surface area contributed by atoms with E-state index in [-0.39, 0.29) is 17.2 Å². The lowest BCUT2D eigenvalue weighted by atomic mass is 10.1. The number of carbonyl (C=O) groups excluding carboxylic acids is 1. The molecule has 100 valence electrons. The Morgan fingerprint density at radius 3 is 2.45 bits per heavy atom. The SMILES string of the molecule is CN(C(=O)c1cc(N)cc(F)c1)c1ccc(C#N)cc1. The van der Waals surface area contributed by atoms with Gasteiger partial charge in [-0.15, -0.1) is 0 Å². The van der Waals surface area contributed by atoms with E-state index in [9.17, 15) is 9.18 Å². The van der Waals surface area contributed by atoms with Gasteiger partial charge in [0.2, 0.25) is 0 Å².